The van der Waals surface area contributed by atoms with Crippen LogP contribution in [-0.4, -0.2) is 55.5 Å². The molecule has 0 saturated carbocycles. The van der Waals surface area contributed by atoms with Crippen LogP contribution in [0.15, 0.2) is 0 Å². The Morgan fingerprint density at radius 3 is 2.88 bits per heavy atom. The second-order valence-corrected chi connectivity index (χ2v) is 5.44. The average Bonchev–Trinajstić information content (AvgIpc) is 2.39. The van der Waals surface area contributed by atoms with Crippen molar-refractivity contribution in [2.24, 2.45) is 5.73 Å². The molecule has 4 heteroatoms. The largest absolute Gasteiger partial charge is 0.379 e. The van der Waals surface area contributed by atoms with Gasteiger partial charge in [-0.2, -0.15) is 0 Å². The fourth-order valence-corrected chi connectivity index (χ4v) is 3.11. The molecule has 2 N–H and O–H groups in total. The van der Waals surface area contributed by atoms with Gasteiger partial charge in [0.1, 0.15) is 0 Å². The van der Waals surface area contributed by atoms with Crippen molar-refractivity contribution in [3.63, 3.8) is 0 Å². The van der Waals surface area contributed by atoms with Gasteiger partial charge in [0.15, 0.2) is 0 Å². The van der Waals surface area contributed by atoms with E-state index in [1.807, 2.05) is 0 Å². The van der Waals surface area contributed by atoms with Crippen molar-refractivity contribution in [1.82, 2.24) is 4.90 Å². The molecule has 17 heavy (non-hydrogen) atoms. The van der Waals surface area contributed by atoms with E-state index in [-0.39, 0.29) is 5.54 Å². The first-order valence-corrected chi connectivity index (χ1v) is 6.88. The number of morpholine rings is 1. The van der Waals surface area contributed by atoms with Crippen molar-refractivity contribution in [1.29, 1.82) is 0 Å². The quantitative estimate of drug-likeness (QED) is 0.802. The molecule has 2 aliphatic rings. The molecule has 0 amide bonds. The molecule has 2 fully saturated rings. The second kappa shape index (κ2) is 5.65. The molecule has 0 aromatic rings. The zero-order chi connectivity index (χ0) is 12.3. The van der Waals surface area contributed by atoms with Gasteiger partial charge in [0, 0.05) is 25.7 Å². The van der Waals surface area contributed by atoms with Crippen LogP contribution in [0.4, 0.5) is 0 Å². The van der Waals surface area contributed by atoms with Crippen molar-refractivity contribution in [3.05, 3.63) is 0 Å². The Bertz CT molecular complexity index is 242. The summed E-state index contributed by atoms with van der Waals surface area (Å²) < 4.78 is 11.5. The fourth-order valence-electron chi connectivity index (χ4n) is 3.11. The van der Waals surface area contributed by atoms with Crippen LogP contribution in [0.25, 0.3) is 0 Å². The van der Waals surface area contributed by atoms with Crippen LogP contribution in [0.2, 0.25) is 0 Å². The average molecular weight is 242 g/mol. The molecule has 2 aliphatic heterocycles. The first-order valence-electron chi connectivity index (χ1n) is 6.88. The molecule has 0 bridgehead atoms. The van der Waals surface area contributed by atoms with Gasteiger partial charge in [0.05, 0.1) is 24.9 Å². The number of nitrogens with zero attached hydrogens (tertiary/aromatic N) is 1. The maximum absolute atomic E-state index is 6.07. The number of hydrogen-bond donors (Lipinski definition) is 1. The van der Waals surface area contributed by atoms with Crippen molar-refractivity contribution < 1.29 is 9.47 Å². The van der Waals surface area contributed by atoms with E-state index in [1.165, 1.54) is 0 Å². The molecule has 100 valence electrons. The number of nitrogens with two attached hydrogens (primary N) is 1. The summed E-state index contributed by atoms with van der Waals surface area (Å²) >= 11 is 0. The summed E-state index contributed by atoms with van der Waals surface area (Å²) in [6.07, 6.45) is 3.71. The summed E-state index contributed by atoms with van der Waals surface area (Å²) in [5.41, 5.74) is 6.12. The minimum atomic E-state index is 0.0525. The Labute approximate surface area is 104 Å². The lowest BCUT2D eigenvalue weighted by atomic mass is 9.87. The van der Waals surface area contributed by atoms with E-state index in [0.29, 0.717) is 18.7 Å². The van der Waals surface area contributed by atoms with E-state index in [2.05, 4.69) is 18.7 Å². The van der Waals surface area contributed by atoms with E-state index in [1.54, 1.807) is 0 Å². The van der Waals surface area contributed by atoms with Gasteiger partial charge >= 0.3 is 0 Å². The minimum absolute atomic E-state index is 0.0525. The Balaban J connectivity index is 2.14. The highest BCUT2D eigenvalue weighted by Crippen LogP contribution is 2.31. The number of hydrogen-bond acceptors (Lipinski definition) is 4. The molecular weight excluding hydrogens is 216 g/mol. The van der Waals surface area contributed by atoms with Gasteiger partial charge < -0.3 is 15.2 Å². The normalized spacial score (nSPS) is 40.4. The summed E-state index contributed by atoms with van der Waals surface area (Å²) in [7, 11) is 0. The van der Waals surface area contributed by atoms with E-state index in [4.69, 9.17) is 15.2 Å². The molecular formula is C13H26N2O2. The predicted octanol–water partition coefficient (Wildman–Crippen LogP) is 0.994. The molecule has 2 heterocycles. The van der Waals surface area contributed by atoms with Gasteiger partial charge in [-0.1, -0.05) is 6.92 Å². The maximum atomic E-state index is 6.07. The van der Waals surface area contributed by atoms with Crippen molar-refractivity contribution in [2.45, 2.75) is 50.8 Å². The number of rotatable bonds is 3. The minimum Gasteiger partial charge on any atom is -0.379 e. The monoisotopic (exact) mass is 242 g/mol. The highest BCUT2D eigenvalue weighted by molar-refractivity contribution is 4.98. The summed E-state index contributed by atoms with van der Waals surface area (Å²) in [5, 5.41) is 0. The SMILES string of the molecule is CCC1COC(C)CN1C1(CN)CCCOC1. The summed E-state index contributed by atoms with van der Waals surface area (Å²) in [6.45, 7) is 8.55. The molecule has 3 unspecified atom stereocenters. The summed E-state index contributed by atoms with van der Waals surface area (Å²) in [5.74, 6) is 0. The molecule has 2 saturated heterocycles. The van der Waals surface area contributed by atoms with Gasteiger partial charge in [-0.3, -0.25) is 4.90 Å². The molecule has 0 aliphatic carbocycles. The van der Waals surface area contributed by atoms with Crippen LogP contribution in [0.5, 0.6) is 0 Å². The standard InChI is InChI=1S/C13H26N2O2/c1-3-12-8-17-11(2)7-15(12)13(9-14)5-4-6-16-10-13/h11-12H,3-10,14H2,1-2H3. The Hall–Kier alpha value is -0.160. The second-order valence-electron chi connectivity index (χ2n) is 5.44. The Kier molecular flexibility index (Phi) is 4.42. The van der Waals surface area contributed by atoms with Crippen molar-refractivity contribution >= 4 is 0 Å². The number of ether oxygens (including phenoxy) is 2. The van der Waals surface area contributed by atoms with Gasteiger partial charge in [0.2, 0.25) is 0 Å². The third kappa shape index (κ3) is 2.65. The van der Waals surface area contributed by atoms with Crippen molar-refractivity contribution in [2.75, 3.05) is 32.9 Å². The third-order valence-electron chi connectivity index (χ3n) is 4.23. The van der Waals surface area contributed by atoms with Crippen LogP contribution < -0.4 is 5.73 Å². The van der Waals surface area contributed by atoms with Crippen LogP contribution in [0.3, 0.4) is 0 Å². The van der Waals surface area contributed by atoms with E-state index in [0.717, 1.165) is 45.6 Å². The van der Waals surface area contributed by atoms with Crippen LogP contribution >= 0.6 is 0 Å². The van der Waals surface area contributed by atoms with Crippen molar-refractivity contribution in [3.8, 4) is 0 Å². The van der Waals surface area contributed by atoms with Crippen LogP contribution in [0.1, 0.15) is 33.1 Å². The molecule has 0 aromatic heterocycles. The van der Waals surface area contributed by atoms with Crippen LogP contribution in [-0.2, 0) is 9.47 Å². The predicted molar refractivity (Wildman–Crippen MR) is 68.0 cm³/mol. The Morgan fingerprint density at radius 1 is 1.47 bits per heavy atom. The van der Waals surface area contributed by atoms with Gasteiger partial charge in [-0.05, 0) is 26.2 Å². The summed E-state index contributed by atoms with van der Waals surface area (Å²) in [4.78, 5) is 2.57. The van der Waals surface area contributed by atoms with E-state index >= 15 is 0 Å². The smallest absolute Gasteiger partial charge is 0.0675 e. The van der Waals surface area contributed by atoms with Gasteiger partial charge in [-0.25, -0.2) is 0 Å². The molecule has 0 spiro atoms. The van der Waals surface area contributed by atoms with Gasteiger partial charge in [0.25, 0.3) is 0 Å². The Morgan fingerprint density at radius 2 is 2.29 bits per heavy atom. The van der Waals surface area contributed by atoms with E-state index in [9.17, 15) is 0 Å². The molecule has 3 atom stereocenters. The fraction of sp³-hybridized carbons (Fsp3) is 1.00. The highest BCUT2D eigenvalue weighted by Gasteiger charge is 2.43. The maximum Gasteiger partial charge on any atom is 0.0675 e. The van der Waals surface area contributed by atoms with Crippen LogP contribution in [0, 0.1) is 0 Å². The molecule has 0 radical (unpaired) electrons. The molecule has 0 aromatic carbocycles. The van der Waals surface area contributed by atoms with E-state index < -0.39 is 0 Å². The van der Waals surface area contributed by atoms with Gasteiger partial charge in [-0.15, -0.1) is 0 Å². The lowest BCUT2D eigenvalue weighted by Crippen LogP contribution is -2.66. The summed E-state index contributed by atoms with van der Waals surface area (Å²) in [6, 6.07) is 0.497. The lowest BCUT2D eigenvalue weighted by molar-refractivity contribution is -0.133. The first kappa shape index (κ1) is 13.3. The molecule has 4 nitrogen and oxygen atoms in total. The molecule has 2 rings (SSSR count). The highest BCUT2D eigenvalue weighted by atomic mass is 16.5. The zero-order valence-corrected chi connectivity index (χ0v) is 11.2. The lowest BCUT2D eigenvalue weighted by Gasteiger charge is -2.52. The topological polar surface area (TPSA) is 47.7 Å². The zero-order valence-electron chi connectivity index (χ0n) is 11.2. The first-order chi connectivity index (χ1) is 8.22. The third-order valence-corrected chi connectivity index (χ3v) is 4.23.